The summed E-state index contributed by atoms with van der Waals surface area (Å²) in [7, 11) is 3.52. The zero-order chi connectivity index (χ0) is 27.7. The zero-order valence-corrected chi connectivity index (χ0v) is 19.2. The van der Waals surface area contributed by atoms with Crippen molar-refractivity contribution in [3.8, 4) is 0 Å². The van der Waals surface area contributed by atoms with Gasteiger partial charge in [0.25, 0.3) is 0 Å². The number of carboxylic acids is 2. The molecule has 16 heteroatoms. The van der Waals surface area contributed by atoms with Crippen molar-refractivity contribution in [2.75, 3.05) is 27.2 Å². The van der Waals surface area contributed by atoms with E-state index in [2.05, 4.69) is 15.2 Å². The average Bonchev–Trinajstić information content (AvgIpc) is 3.11. The Morgan fingerprint density at radius 3 is 2.03 bits per heavy atom. The predicted octanol–water partition coefficient (Wildman–Crippen LogP) is 2.35. The molecule has 0 aliphatic carbocycles. The van der Waals surface area contributed by atoms with Crippen LogP contribution in [-0.2, 0) is 20.9 Å². The monoisotopic (exact) mass is 532 g/mol. The predicted molar refractivity (Wildman–Crippen MR) is 111 cm³/mol. The lowest BCUT2D eigenvalue weighted by molar-refractivity contribution is -0.193. The maximum Gasteiger partial charge on any atom is 0.490 e. The van der Waals surface area contributed by atoms with Crippen LogP contribution in [0.1, 0.15) is 18.4 Å². The fourth-order valence-electron chi connectivity index (χ4n) is 3.37. The van der Waals surface area contributed by atoms with Gasteiger partial charge in [-0.05, 0) is 30.5 Å². The standard InChI is InChI=1S/C16H24N4O2.2C2HF3O2/c1-19(2)16(21)18-13-11-20(10-12-5-7-17-8-6-12)14-4-3-9-22-15(13)14;2*3-2(4,5)1(6)7/h5-8,13-15H,3-4,9-11H2,1-2H3,(H,18,21);2*(H,6,7)/t13-,14-,15-;;/m1../s1. The van der Waals surface area contributed by atoms with Crippen LogP contribution in [0, 0.1) is 0 Å². The smallest absolute Gasteiger partial charge is 0.475 e. The molecule has 2 fully saturated rings. The molecule has 204 valence electrons. The van der Waals surface area contributed by atoms with Crippen molar-refractivity contribution in [1.82, 2.24) is 20.1 Å². The van der Waals surface area contributed by atoms with E-state index in [1.54, 1.807) is 19.0 Å². The van der Waals surface area contributed by atoms with Crippen LogP contribution in [0.25, 0.3) is 0 Å². The molecule has 2 amide bonds. The molecular formula is C20H26F6N4O6. The number of hydrogen-bond donors (Lipinski definition) is 3. The van der Waals surface area contributed by atoms with Gasteiger partial charge >= 0.3 is 30.3 Å². The molecule has 3 heterocycles. The summed E-state index contributed by atoms with van der Waals surface area (Å²) in [5.74, 6) is -5.51. The highest BCUT2D eigenvalue weighted by molar-refractivity contribution is 5.74. The summed E-state index contributed by atoms with van der Waals surface area (Å²) in [5, 5.41) is 17.4. The number of hydrogen-bond acceptors (Lipinski definition) is 6. The second-order valence-electron chi connectivity index (χ2n) is 7.89. The summed E-state index contributed by atoms with van der Waals surface area (Å²) >= 11 is 0. The first-order valence-electron chi connectivity index (χ1n) is 10.4. The topological polar surface area (TPSA) is 132 Å². The Morgan fingerprint density at radius 2 is 1.58 bits per heavy atom. The number of ether oxygens (including phenoxy) is 1. The van der Waals surface area contributed by atoms with E-state index in [4.69, 9.17) is 24.5 Å². The van der Waals surface area contributed by atoms with Gasteiger partial charge in [0.1, 0.15) is 0 Å². The van der Waals surface area contributed by atoms with Gasteiger partial charge in [-0.25, -0.2) is 14.4 Å². The molecular weight excluding hydrogens is 506 g/mol. The summed E-state index contributed by atoms with van der Waals surface area (Å²) < 4.78 is 69.4. The number of halogens is 6. The fourth-order valence-corrected chi connectivity index (χ4v) is 3.37. The van der Waals surface area contributed by atoms with E-state index < -0.39 is 24.3 Å². The lowest BCUT2D eigenvalue weighted by Gasteiger charge is -2.32. The third-order valence-corrected chi connectivity index (χ3v) is 4.97. The lowest BCUT2D eigenvalue weighted by atomic mass is 10.0. The Kier molecular flexibility index (Phi) is 11.4. The van der Waals surface area contributed by atoms with Gasteiger partial charge in [0.2, 0.25) is 0 Å². The van der Waals surface area contributed by atoms with Gasteiger partial charge in [-0.1, -0.05) is 0 Å². The van der Waals surface area contributed by atoms with Gasteiger partial charge in [-0.3, -0.25) is 9.88 Å². The van der Waals surface area contributed by atoms with Crippen LogP contribution < -0.4 is 5.32 Å². The van der Waals surface area contributed by atoms with E-state index in [-0.39, 0.29) is 18.2 Å². The molecule has 0 bridgehead atoms. The normalized spacial score (nSPS) is 21.6. The minimum Gasteiger partial charge on any atom is -0.475 e. The van der Waals surface area contributed by atoms with Crippen molar-refractivity contribution in [2.24, 2.45) is 0 Å². The Hall–Kier alpha value is -3.14. The second kappa shape index (κ2) is 13.2. The van der Waals surface area contributed by atoms with Gasteiger partial charge in [-0.2, -0.15) is 26.3 Å². The van der Waals surface area contributed by atoms with Gasteiger partial charge in [0, 0.05) is 52.2 Å². The van der Waals surface area contributed by atoms with Crippen molar-refractivity contribution in [3.63, 3.8) is 0 Å². The molecule has 1 aromatic heterocycles. The van der Waals surface area contributed by atoms with Crippen LogP contribution in [0.3, 0.4) is 0 Å². The highest BCUT2D eigenvalue weighted by Crippen LogP contribution is 2.30. The number of carbonyl (C=O) groups is 3. The SMILES string of the molecule is CN(C)C(=O)N[C@@H]1CN(Cc2ccncc2)[C@@H]2CCCO[C@@H]21.O=C(O)C(F)(F)F.O=C(O)C(F)(F)F. The number of fused-ring (bicyclic) bond motifs is 1. The number of aromatic nitrogens is 1. The molecule has 2 aliphatic rings. The third kappa shape index (κ3) is 10.2. The Balaban J connectivity index is 0.000000383. The van der Waals surface area contributed by atoms with Crippen molar-refractivity contribution in [1.29, 1.82) is 0 Å². The first-order chi connectivity index (χ1) is 16.5. The molecule has 2 saturated heterocycles. The Morgan fingerprint density at radius 1 is 1.08 bits per heavy atom. The van der Waals surface area contributed by atoms with Crippen molar-refractivity contribution < 1.29 is 55.7 Å². The summed E-state index contributed by atoms with van der Waals surface area (Å²) in [6.45, 7) is 2.50. The Labute approximate surface area is 201 Å². The molecule has 3 atom stereocenters. The number of aliphatic carboxylic acids is 2. The number of nitrogens with one attached hydrogen (secondary N) is 1. The van der Waals surface area contributed by atoms with E-state index in [1.165, 1.54) is 5.56 Å². The molecule has 0 spiro atoms. The van der Waals surface area contributed by atoms with Gasteiger partial charge in [0.05, 0.1) is 12.1 Å². The highest BCUT2D eigenvalue weighted by atomic mass is 19.4. The number of alkyl halides is 6. The fraction of sp³-hybridized carbons (Fsp3) is 0.600. The van der Waals surface area contributed by atoms with Gasteiger partial charge < -0.3 is 25.2 Å². The van der Waals surface area contributed by atoms with E-state index in [0.717, 1.165) is 32.5 Å². The lowest BCUT2D eigenvalue weighted by Crippen LogP contribution is -2.50. The number of pyridine rings is 1. The molecule has 0 saturated carbocycles. The highest BCUT2D eigenvalue weighted by Gasteiger charge is 2.44. The summed E-state index contributed by atoms with van der Waals surface area (Å²) in [4.78, 5) is 37.8. The quantitative estimate of drug-likeness (QED) is 0.506. The van der Waals surface area contributed by atoms with E-state index in [9.17, 15) is 31.1 Å². The Bertz CT molecular complexity index is 844. The molecule has 0 aromatic carbocycles. The summed E-state index contributed by atoms with van der Waals surface area (Å²) in [5.41, 5.74) is 1.25. The minimum absolute atomic E-state index is 0.0521. The van der Waals surface area contributed by atoms with Crippen LogP contribution in [0.15, 0.2) is 24.5 Å². The first kappa shape index (κ1) is 30.9. The van der Waals surface area contributed by atoms with Crippen molar-refractivity contribution in [3.05, 3.63) is 30.1 Å². The molecule has 3 N–H and O–H groups in total. The van der Waals surface area contributed by atoms with Crippen molar-refractivity contribution in [2.45, 2.75) is 49.9 Å². The molecule has 36 heavy (non-hydrogen) atoms. The second-order valence-corrected chi connectivity index (χ2v) is 7.89. The van der Waals surface area contributed by atoms with Gasteiger partial charge in [0.15, 0.2) is 0 Å². The number of carboxylic acid groups (broad SMARTS) is 2. The number of nitrogens with zero attached hydrogens (tertiary/aromatic N) is 3. The number of likely N-dealkylation sites (tertiary alicyclic amines) is 1. The van der Waals surface area contributed by atoms with Crippen LogP contribution in [0.5, 0.6) is 0 Å². The van der Waals surface area contributed by atoms with Crippen LogP contribution in [0.4, 0.5) is 31.1 Å². The number of carbonyl (C=O) groups excluding carboxylic acids is 1. The molecule has 0 radical (unpaired) electrons. The number of rotatable bonds is 3. The van der Waals surface area contributed by atoms with Crippen LogP contribution in [0.2, 0.25) is 0 Å². The van der Waals surface area contributed by atoms with E-state index in [1.807, 2.05) is 24.5 Å². The first-order valence-corrected chi connectivity index (χ1v) is 10.4. The van der Waals surface area contributed by atoms with Gasteiger partial charge in [-0.15, -0.1) is 0 Å². The molecule has 2 aliphatic heterocycles. The van der Waals surface area contributed by atoms with Crippen molar-refractivity contribution >= 4 is 18.0 Å². The summed E-state index contributed by atoms with van der Waals surface area (Å²) in [6, 6.07) is 4.48. The third-order valence-electron chi connectivity index (χ3n) is 4.97. The molecule has 0 unspecified atom stereocenters. The molecule has 3 rings (SSSR count). The largest absolute Gasteiger partial charge is 0.490 e. The zero-order valence-electron chi connectivity index (χ0n) is 19.2. The van der Waals surface area contributed by atoms with Crippen LogP contribution >= 0.6 is 0 Å². The maximum atomic E-state index is 12.0. The van der Waals surface area contributed by atoms with E-state index >= 15 is 0 Å². The maximum absolute atomic E-state index is 12.0. The van der Waals surface area contributed by atoms with E-state index in [0.29, 0.717) is 6.04 Å². The number of urea groups is 1. The molecule has 10 nitrogen and oxygen atoms in total. The minimum atomic E-state index is -5.08. The molecule has 1 aromatic rings. The average molecular weight is 532 g/mol. The van der Waals surface area contributed by atoms with Crippen LogP contribution in [-0.4, -0.2) is 101 Å². The number of amides is 2. The summed E-state index contributed by atoms with van der Waals surface area (Å²) in [6.07, 6.45) is -4.21.